The van der Waals surface area contributed by atoms with E-state index in [1.54, 1.807) is 11.6 Å². The molecule has 112 valence electrons. The lowest BCUT2D eigenvalue weighted by atomic mass is 10.3. The first kappa shape index (κ1) is 15.1. The zero-order valence-electron chi connectivity index (χ0n) is 12.7. The Kier molecular flexibility index (Phi) is 4.98. The molecule has 0 aliphatic rings. The van der Waals surface area contributed by atoms with Crippen LogP contribution in [0, 0.1) is 6.92 Å². The molecule has 0 saturated carbocycles. The highest BCUT2D eigenvalue weighted by atomic mass is 16.5. The van der Waals surface area contributed by atoms with E-state index in [-0.39, 0.29) is 5.91 Å². The molecule has 0 radical (unpaired) electrons. The van der Waals surface area contributed by atoms with Gasteiger partial charge in [-0.1, -0.05) is 25.1 Å². The van der Waals surface area contributed by atoms with Crippen molar-refractivity contribution in [2.24, 2.45) is 0 Å². The first-order valence-electron chi connectivity index (χ1n) is 7.18. The van der Waals surface area contributed by atoms with Gasteiger partial charge in [-0.2, -0.15) is 0 Å². The van der Waals surface area contributed by atoms with E-state index in [1.807, 2.05) is 50.4 Å². The minimum atomic E-state index is -0.561. The third kappa shape index (κ3) is 3.84. The Morgan fingerprint density at radius 3 is 2.76 bits per heavy atom. The summed E-state index contributed by atoms with van der Waals surface area (Å²) >= 11 is 0. The molecule has 1 aromatic carbocycles. The average Bonchev–Trinajstić information content (AvgIpc) is 2.86. The van der Waals surface area contributed by atoms with Crippen LogP contribution >= 0.6 is 0 Å². The maximum atomic E-state index is 11.8. The number of ether oxygens (including phenoxy) is 1. The number of carbonyl (C=O) groups excluding carboxylic acids is 1. The van der Waals surface area contributed by atoms with Crippen LogP contribution in [0.2, 0.25) is 0 Å². The van der Waals surface area contributed by atoms with Gasteiger partial charge in [0.25, 0.3) is 5.91 Å². The molecule has 21 heavy (non-hydrogen) atoms. The highest BCUT2D eigenvalue weighted by molar-refractivity contribution is 5.80. The van der Waals surface area contributed by atoms with Crippen LogP contribution in [-0.4, -0.2) is 28.3 Å². The topological polar surface area (TPSA) is 56.1 Å². The van der Waals surface area contributed by atoms with Gasteiger partial charge in [-0.15, -0.1) is 5.10 Å². The van der Waals surface area contributed by atoms with E-state index in [2.05, 4.69) is 10.4 Å². The van der Waals surface area contributed by atoms with Crippen molar-refractivity contribution in [3.05, 3.63) is 42.1 Å². The summed E-state index contributed by atoms with van der Waals surface area (Å²) in [5, 5.41) is 7.21. The van der Waals surface area contributed by atoms with Crippen molar-refractivity contribution in [3.8, 4) is 11.6 Å². The van der Waals surface area contributed by atoms with E-state index < -0.39 is 6.10 Å². The average molecular weight is 287 g/mol. The Hall–Kier alpha value is -2.30. The van der Waals surface area contributed by atoms with E-state index in [0.717, 1.165) is 17.7 Å². The summed E-state index contributed by atoms with van der Waals surface area (Å²) in [6.07, 6.45) is 2.23. The zero-order valence-corrected chi connectivity index (χ0v) is 12.7. The maximum absolute atomic E-state index is 11.8. The number of hydrogen-bond acceptors (Lipinski definition) is 3. The van der Waals surface area contributed by atoms with Gasteiger partial charge in [-0.25, -0.2) is 4.68 Å². The van der Waals surface area contributed by atoms with Crippen LogP contribution in [0.3, 0.4) is 0 Å². The van der Waals surface area contributed by atoms with Crippen molar-refractivity contribution in [2.45, 2.75) is 33.3 Å². The van der Waals surface area contributed by atoms with E-state index in [9.17, 15) is 4.79 Å². The first-order valence-corrected chi connectivity index (χ1v) is 7.18. The van der Waals surface area contributed by atoms with Gasteiger partial charge >= 0.3 is 0 Å². The van der Waals surface area contributed by atoms with Crippen molar-refractivity contribution in [3.63, 3.8) is 0 Å². The Labute approximate surface area is 124 Å². The van der Waals surface area contributed by atoms with Gasteiger partial charge in [-0.05, 0) is 32.4 Å². The van der Waals surface area contributed by atoms with Crippen LogP contribution < -0.4 is 10.1 Å². The summed E-state index contributed by atoms with van der Waals surface area (Å²) in [6, 6.07) is 9.79. The van der Waals surface area contributed by atoms with E-state index in [4.69, 9.17) is 4.74 Å². The molecule has 1 atom stereocenters. The molecular weight excluding hydrogens is 266 g/mol. The summed E-state index contributed by atoms with van der Waals surface area (Å²) in [7, 11) is 0. The molecule has 5 heteroatoms. The van der Waals surface area contributed by atoms with E-state index >= 15 is 0 Å². The first-order chi connectivity index (χ1) is 10.1. The SMILES string of the molecule is CCCNC(=O)C(C)Oc1nn(-c2ccccc2)cc1C. The number of aromatic nitrogens is 2. The predicted octanol–water partition coefficient (Wildman–Crippen LogP) is 2.47. The van der Waals surface area contributed by atoms with Gasteiger partial charge in [0.05, 0.1) is 5.69 Å². The summed E-state index contributed by atoms with van der Waals surface area (Å²) < 4.78 is 7.41. The van der Waals surface area contributed by atoms with Crippen molar-refractivity contribution >= 4 is 5.91 Å². The van der Waals surface area contributed by atoms with Crippen LogP contribution in [0.1, 0.15) is 25.8 Å². The number of rotatable bonds is 6. The van der Waals surface area contributed by atoms with Crippen LogP contribution in [-0.2, 0) is 4.79 Å². The summed E-state index contributed by atoms with van der Waals surface area (Å²) in [4.78, 5) is 11.8. The lowest BCUT2D eigenvalue weighted by molar-refractivity contribution is -0.127. The lowest BCUT2D eigenvalue weighted by Crippen LogP contribution is -2.36. The number of benzene rings is 1. The third-order valence-electron chi connectivity index (χ3n) is 3.08. The number of carbonyl (C=O) groups is 1. The molecule has 1 unspecified atom stereocenters. The second-order valence-corrected chi connectivity index (χ2v) is 4.95. The van der Waals surface area contributed by atoms with E-state index in [1.165, 1.54) is 0 Å². The minimum absolute atomic E-state index is 0.120. The van der Waals surface area contributed by atoms with Gasteiger partial charge in [-0.3, -0.25) is 4.79 Å². The van der Waals surface area contributed by atoms with Gasteiger partial charge in [0, 0.05) is 18.3 Å². The molecule has 1 N–H and O–H groups in total. The fourth-order valence-corrected chi connectivity index (χ4v) is 1.89. The molecule has 0 spiro atoms. The molecule has 1 amide bonds. The zero-order chi connectivity index (χ0) is 15.2. The van der Waals surface area contributed by atoms with Crippen molar-refractivity contribution < 1.29 is 9.53 Å². The monoisotopic (exact) mass is 287 g/mol. The number of hydrogen-bond donors (Lipinski definition) is 1. The summed E-state index contributed by atoms with van der Waals surface area (Å²) in [5.41, 5.74) is 1.85. The Morgan fingerprint density at radius 2 is 2.10 bits per heavy atom. The molecule has 5 nitrogen and oxygen atoms in total. The molecule has 1 heterocycles. The molecule has 0 fully saturated rings. The molecule has 2 rings (SSSR count). The van der Waals surface area contributed by atoms with Crippen LogP contribution in [0.4, 0.5) is 0 Å². The van der Waals surface area contributed by atoms with Crippen LogP contribution in [0.5, 0.6) is 5.88 Å². The number of para-hydroxylation sites is 1. The highest BCUT2D eigenvalue weighted by Crippen LogP contribution is 2.19. The lowest BCUT2D eigenvalue weighted by Gasteiger charge is -2.12. The maximum Gasteiger partial charge on any atom is 0.260 e. The number of nitrogens with one attached hydrogen (secondary N) is 1. The van der Waals surface area contributed by atoms with Crippen molar-refractivity contribution in [1.82, 2.24) is 15.1 Å². The van der Waals surface area contributed by atoms with Crippen molar-refractivity contribution in [1.29, 1.82) is 0 Å². The third-order valence-corrected chi connectivity index (χ3v) is 3.08. The minimum Gasteiger partial charge on any atom is -0.463 e. The number of amides is 1. The smallest absolute Gasteiger partial charge is 0.260 e. The number of nitrogens with zero attached hydrogens (tertiary/aromatic N) is 2. The van der Waals surface area contributed by atoms with Gasteiger partial charge in [0.15, 0.2) is 6.10 Å². The molecule has 0 bridgehead atoms. The fourth-order valence-electron chi connectivity index (χ4n) is 1.89. The molecule has 2 aromatic rings. The second-order valence-electron chi connectivity index (χ2n) is 4.95. The highest BCUT2D eigenvalue weighted by Gasteiger charge is 2.17. The summed E-state index contributed by atoms with van der Waals surface area (Å²) in [5.74, 6) is 0.364. The molecular formula is C16H21N3O2. The van der Waals surface area contributed by atoms with Gasteiger partial charge < -0.3 is 10.1 Å². The fraction of sp³-hybridized carbons (Fsp3) is 0.375. The van der Waals surface area contributed by atoms with Crippen LogP contribution in [0.25, 0.3) is 5.69 Å². The molecule has 0 aliphatic heterocycles. The van der Waals surface area contributed by atoms with E-state index in [0.29, 0.717) is 12.4 Å². The predicted molar refractivity (Wildman–Crippen MR) is 81.7 cm³/mol. The molecule has 1 aromatic heterocycles. The summed E-state index contributed by atoms with van der Waals surface area (Å²) in [6.45, 7) is 6.31. The quantitative estimate of drug-likeness (QED) is 0.888. The Balaban J connectivity index is 2.08. The Bertz CT molecular complexity index is 593. The normalized spacial score (nSPS) is 12.0. The second kappa shape index (κ2) is 6.92. The van der Waals surface area contributed by atoms with Gasteiger partial charge in [0.1, 0.15) is 0 Å². The molecule has 0 saturated heterocycles. The van der Waals surface area contributed by atoms with Crippen LogP contribution in [0.15, 0.2) is 36.5 Å². The standard InChI is InChI=1S/C16H21N3O2/c1-4-10-17-15(20)13(3)21-16-12(2)11-19(18-16)14-8-6-5-7-9-14/h5-9,11,13H,4,10H2,1-3H3,(H,17,20). The molecule has 0 aliphatic carbocycles. The van der Waals surface area contributed by atoms with Gasteiger partial charge in [0.2, 0.25) is 5.88 Å². The largest absolute Gasteiger partial charge is 0.463 e. The Morgan fingerprint density at radius 1 is 1.38 bits per heavy atom. The van der Waals surface area contributed by atoms with Crippen molar-refractivity contribution in [2.75, 3.05) is 6.54 Å². The number of aryl methyl sites for hydroxylation is 1.